The molecule has 1 aliphatic rings. The fourth-order valence-electron chi connectivity index (χ4n) is 5.12. The van der Waals surface area contributed by atoms with E-state index < -0.39 is 12.0 Å². The smallest absolute Gasteiger partial charge is 0.338 e. The van der Waals surface area contributed by atoms with E-state index in [1.807, 2.05) is 57.2 Å². The molecule has 1 atom stereocenters. The molecule has 0 saturated carbocycles. The number of hydrogen-bond donors (Lipinski definition) is 0. The summed E-state index contributed by atoms with van der Waals surface area (Å²) >= 11 is 3.42. The van der Waals surface area contributed by atoms with Gasteiger partial charge in [0, 0.05) is 5.56 Å². The third kappa shape index (κ3) is 7.20. The van der Waals surface area contributed by atoms with Crippen LogP contribution >= 0.6 is 33.9 Å². The molecule has 0 saturated heterocycles. The van der Waals surface area contributed by atoms with Gasteiger partial charge in [0.05, 0.1) is 38.7 Å². The first-order valence-corrected chi connectivity index (χ1v) is 16.8. The van der Waals surface area contributed by atoms with Crippen molar-refractivity contribution in [1.82, 2.24) is 4.57 Å². The van der Waals surface area contributed by atoms with Gasteiger partial charge in [0.15, 0.2) is 16.3 Å². The molecule has 0 bridgehead atoms. The molecular formula is C35H34FIN2O6S. The molecule has 11 heteroatoms. The Kier molecular flexibility index (Phi) is 10.6. The zero-order valence-electron chi connectivity index (χ0n) is 26.1. The molecule has 0 spiro atoms. The number of rotatable bonds is 11. The van der Waals surface area contributed by atoms with E-state index >= 15 is 0 Å². The minimum atomic E-state index is -0.797. The van der Waals surface area contributed by atoms with Gasteiger partial charge >= 0.3 is 5.97 Å². The Balaban J connectivity index is 1.61. The van der Waals surface area contributed by atoms with Crippen molar-refractivity contribution < 1.29 is 28.1 Å². The Hall–Kier alpha value is -3.97. The lowest BCUT2D eigenvalue weighted by molar-refractivity contribution is -0.139. The van der Waals surface area contributed by atoms with Crippen LogP contribution in [-0.2, 0) is 16.1 Å². The van der Waals surface area contributed by atoms with E-state index in [-0.39, 0.29) is 36.3 Å². The van der Waals surface area contributed by atoms with Crippen LogP contribution in [0.5, 0.6) is 17.2 Å². The molecule has 0 unspecified atom stereocenters. The number of para-hydroxylation sites is 1. The van der Waals surface area contributed by atoms with Gasteiger partial charge in [-0.15, -0.1) is 0 Å². The summed E-state index contributed by atoms with van der Waals surface area (Å²) in [6.45, 7) is 10.0. The third-order valence-electron chi connectivity index (χ3n) is 7.02. The Bertz CT molecular complexity index is 1970. The van der Waals surface area contributed by atoms with Crippen molar-refractivity contribution in [3.8, 4) is 17.2 Å². The Morgan fingerprint density at radius 3 is 2.50 bits per heavy atom. The summed E-state index contributed by atoms with van der Waals surface area (Å²) in [5.74, 6) is 0.806. The van der Waals surface area contributed by atoms with Crippen molar-refractivity contribution in [2.75, 3.05) is 13.2 Å². The molecular weight excluding hydrogens is 722 g/mol. The molecule has 4 aromatic rings. The number of esters is 1. The van der Waals surface area contributed by atoms with Gasteiger partial charge < -0.3 is 18.9 Å². The van der Waals surface area contributed by atoms with Crippen molar-refractivity contribution >= 4 is 46.0 Å². The average Bonchev–Trinajstić information content (AvgIpc) is 3.31. The van der Waals surface area contributed by atoms with Crippen LogP contribution in [0.3, 0.4) is 0 Å². The van der Waals surface area contributed by atoms with Crippen LogP contribution in [0, 0.1) is 9.39 Å². The van der Waals surface area contributed by atoms with E-state index in [2.05, 4.69) is 27.6 Å². The van der Waals surface area contributed by atoms with E-state index in [9.17, 15) is 14.0 Å². The molecule has 1 aromatic heterocycles. The molecule has 0 aliphatic carbocycles. The molecule has 1 aliphatic heterocycles. The van der Waals surface area contributed by atoms with Crippen molar-refractivity contribution in [2.45, 2.75) is 53.4 Å². The van der Waals surface area contributed by atoms with Gasteiger partial charge in [0.2, 0.25) is 0 Å². The standard InChI is InChI=1S/C35H34FIN2O6S/c1-6-42-28-17-23(16-26(37)32(28)44-19-22-12-14-24(36)15-13-22)18-29-33(40)39-31(25-10-8-9-11-27(25)45-20(3)4)30(34(41)43-7-2)21(5)38-35(39)46-29/h8-18,20,31H,6-7,19H2,1-5H3/b29-18+/t31-/m0/s1. The number of allylic oxidation sites excluding steroid dienone is 1. The number of nitrogens with zero attached hydrogens (tertiary/aromatic N) is 2. The number of ether oxygens (including phenoxy) is 4. The van der Waals surface area contributed by atoms with Crippen molar-refractivity contribution in [2.24, 2.45) is 4.99 Å². The highest BCUT2D eigenvalue weighted by molar-refractivity contribution is 14.1. The summed E-state index contributed by atoms with van der Waals surface area (Å²) < 4.78 is 39.7. The topological polar surface area (TPSA) is 88.4 Å². The maximum Gasteiger partial charge on any atom is 0.338 e. The first-order chi connectivity index (χ1) is 22.1. The van der Waals surface area contributed by atoms with E-state index in [4.69, 9.17) is 18.9 Å². The molecule has 2 heterocycles. The van der Waals surface area contributed by atoms with E-state index in [1.54, 1.807) is 36.6 Å². The van der Waals surface area contributed by atoms with Crippen LogP contribution in [0.1, 0.15) is 57.4 Å². The highest BCUT2D eigenvalue weighted by Gasteiger charge is 2.35. The second kappa shape index (κ2) is 14.6. The van der Waals surface area contributed by atoms with E-state index in [1.165, 1.54) is 23.5 Å². The lowest BCUT2D eigenvalue weighted by Crippen LogP contribution is -2.40. The van der Waals surface area contributed by atoms with Gasteiger partial charge in [-0.3, -0.25) is 9.36 Å². The third-order valence-corrected chi connectivity index (χ3v) is 8.80. The van der Waals surface area contributed by atoms with Crippen molar-refractivity contribution in [3.05, 3.63) is 118 Å². The highest BCUT2D eigenvalue weighted by Crippen LogP contribution is 2.37. The van der Waals surface area contributed by atoms with Gasteiger partial charge in [0.1, 0.15) is 24.2 Å². The van der Waals surface area contributed by atoms with Crippen LogP contribution in [0.2, 0.25) is 0 Å². The predicted molar refractivity (Wildman–Crippen MR) is 184 cm³/mol. The summed E-state index contributed by atoms with van der Waals surface area (Å²) in [5, 5.41) is 0. The normalized spacial score (nSPS) is 14.6. The number of benzene rings is 3. The van der Waals surface area contributed by atoms with Gasteiger partial charge in [-0.05, 0) is 105 Å². The molecule has 0 N–H and O–H groups in total. The van der Waals surface area contributed by atoms with Gasteiger partial charge in [0.25, 0.3) is 5.56 Å². The minimum Gasteiger partial charge on any atom is -0.491 e. The van der Waals surface area contributed by atoms with Crippen LogP contribution in [-0.4, -0.2) is 29.9 Å². The van der Waals surface area contributed by atoms with E-state index in [0.29, 0.717) is 44.4 Å². The lowest BCUT2D eigenvalue weighted by atomic mass is 9.95. The monoisotopic (exact) mass is 756 g/mol. The summed E-state index contributed by atoms with van der Waals surface area (Å²) in [7, 11) is 0. The van der Waals surface area contributed by atoms with Crippen molar-refractivity contribution in [3.63, 3.8) is 0 Å². The Labute approximate surface area is 283 Å². The second-order valence-electron chi connectivity index (χ2n) is 10.7. The predicted octanol–water partition coefficient (Wildman–Crippen LogP) is 6.31. The number of aromatic nitrogens is 1. The molecule has 0 radical (unpaired) electrons. The lowest BCUT2D eigenvalue weighted by Gasteiger charge is -2.26. The maximum atomic E-state index is 14.2. The van der Waals surface area contributed by atoms with Crippen LogP contribution in [0.15, 0.2) is 81.7 Å². The van der Waals surface area contributed by atoms with Crippen LogP contribution in [0.4, 0.5) is 4.39 Å². The molecule has 46 heavy (non-hydrogen) atoms. The number of halogens is 2. The first-order valence-electron chi connectivity index (χ1n) is 14.9. The van der Waals surface area contributed by atoms with E-state index in [0.717, 1.165) is 14.7 Å². The molecule has 8 nitrogen and oxygen atoms in total. The molecule has 0 amide bonds. The highest BCUT2D eigenvalue weighted by atomic mass is 127. The van der Waals surface area contributed by atoms with Crippen LogP contribution < -0.4 is 29.1 Å². The Morgan fingerprint density at radius 1 is 1.07 bits per heavy atom. The first kappa shape index (κ1) is 33.4. The number of carbonyl (C=O) groups excluding carboxylic acids is 1. The second-order valence-corrected chi connectivity index (χ2v) is 12.9. The average molecular weight is 757 g/mol. The van der Waals surface area contributed by atoms with Crippen molar-refractivity contribution in [1.29, 1.82) is 0 Å². The van der Waals surface area contributed by atoms with Gasteiger partial charge in [-0.25, -0.2) is 14.2 Å². The quantitative estimate of drug-likeness (QED) is 0.132. The zero-order chi connectivity index (χ0) is 33.0. The maximum absolute atomic E-state index is 14.2. The molecule has 240 valence electrons. The molecule has 0 fully saturated rings. The summed E-state index contributed by atoms with van der Waals surface area (Å²) in [6.07, 6.45) is 1.66. The summed E-state index contributed by atoms with van der Waals surface area (Å²) in [4.78, 5) is 32.7. The number of thiazole rings is 1. The molecule has 3 aromatic carbocycles. The summed E-state index contributed by atoms with van der Waals surface area (Å²) in [5.41, 5.74) is 2.68. The summed E-state index contributed by atoms with van der Waals surface area (Å²) in [6, 6.07) is 16.5. The minimum absolute atomic E-state index is 0.127. The van der Waals surface area contributed by atoms with Crippen LogP contribution in [0.25, 0.3) is 6.08 Å². The largest absolute Gasteiger partial charge is 0.491 e. The SMILES string of the molecule is CCOC(=O)C1=C(C)N=c2s/c(=C/c3cc(I)c(OCc4ccc(F)cc4)c(OCC)c3)c(=O)n2[C@H]1c1ccccc1OC(C)C. The number of carbonyl (C=O) groups is 1. The fourth-order valence-corrected chi connectivity index (χ4v) is 6.94. The number of hydrogen-bond acceptors (Lipinski definition) is 8. The molecule has 5 rings (SSSR count). The Morgan fingerprint density at radius 2 is 1.80 bits per heavy atom. The number of fused-ring (bicyclic) bond motifs is 1. The zero-order valence-corrected chi connectivity index (χ0v) is 29.1. The fraction of sp³-hybridized carbons (Fsp3) is 0.286. The van der Waals surface area contributed by atoms with Gasteiger partial charge in [-0.2, -0.15) is 0 Å². The van der Waals surface area contributed by atoms with Gasteiger partial charge in [-0.1, -0.05) is 41.7 Å².